The van der Waals surface area contributed by atoms with Crippen molar-refractivity contribution in [2.45, 2.75) is 108 Å². The Labute approximate surface area is 747 Å². The van der Waals surface area contributed by atoms with Gasteiger partial charge in [0.25, 0.3) is 23.6 Å². The van der Waals surface area contributed by atoms with Gasteiger partial charge in [-0.05, 0) is 177 Å². The highest BCUT2D eigenvalue weighted by Crippen LogP contribution is 2.38. The van der Waals surface area contributed by atoms with E-state index >= 15 is 0 Å². The number of benzene rings is 9. The zero-order valence-electron chi connectivity index (χ0n) is 69.7. The zero-order chi connectivity index (χ0) is 91.4. The molecule has 6 amide bonds. The van der Waals surface area contributed by atoms with Gasteiger partial charge in [-0.15, -0.1) is 11.8 Å². The predicted octanol–water partition coefficient (Wildman–Crippen LogP) is 16.5. The highest BCUT2D eigenvalue weighted by atomic mass is 35.5. The average molecular weight is 1830 g/mol. The molecule has 1 aliphatic rings. The number of azo groups is 1. The first kappa shape index (κ1) is 98.3. The molecule has 10 rings (SSSR count). The second-order valence-electron chi connectivity index (χ2n) is 28.8. The SMILES string of the molecule is CCN(C(=O)OCc1ccc(OC(C(=O)Nc2cc(S(=O)ONC)ccc2Cl)C(=O)C(C)(C)C)c(NC(=O)CCCC(O)O)c1)c1ccc(N=Nc2ccc(C(=O)OC)cc2)cc1OC.CNC(=O)c1cccc(SC2C(=O)N(c3ccccc3)NC2=Nc2ccccc2Cl)c1.COC(=O)c1ccc(OC(C(=O)Nc2ccc(Cl)cc2Cl)C(=O)C(C)(C)C)cc1. The number of hydrazine groups is 1. The van der Waals surface area contributed by atoms with E-state index in [2.05, 4.69) is 52.1 Å². The van der Waals surface area contributed by atoms with E-state index in [9.17, 15) is 62.4 Å². The summed E-state index contributed by atoms with van der Waals surface area (Å²) in [6.07, 6.45) is -5.70. The predicted molar refractivity (Wildman–Crippen MR) is 478 cm³/mol. The number of thioether (sulfide) groups is 1. The van der Waals surface area contributed by atoms with Gasteiger partial charge in [0, 0.05) is 59.4 Å². The molecule has 0 aromatic heterocycles. The van der Waals surface area contributed by atoms with E-state index in [1.807, 2.05) is 48.5 Å². The van der Waals surface area contributed by atoms with Gasteiger partial charge in [-0.25, -0.2) is 28.6 Å². The number of nitrogens with one attached hydrogen (secondary N) is 6. The molecule has 37 heteroatoms. The summed E-state index contributed by atoms with van der Waals surface area (Å²) in [5.74, 6) is -3.66. The number of carbonyl (C=O) groups is 10. The maximum absolute atomic E-state index is 13.9. The molecule has 0 aliphatic carbocycles. The molecule has 658 valence electrons. The highest BCUT2D eigenvalue weighted by molar-refractivity contribution is 8.01. The Morgan fingerprint density at radius 2 is 1.22 bits per heavy atom. The van der Waals surface area contributed by atoms with Crippen molar-refractivity contribution in [3.8, 4) is 17.2 Å². The number of para-hydroxylation sites is 2. The van der Waals surface area contributed by atoms with Gasteiger partial charge < -0.3 is 59.9 Å². The number of ether oxygens (including phenoxy) is 6. The number of esters is 2. The lowest BCUT2D eigenvalue weighted by molar-refractivity contribution is -0.141. The Bertz CT molecular complexity index is 5470. The molecule has 125 heavy (non-hydrogen) atoms. The number of anilines is 5. The number of amidine groups is 1. The Balaban J connectivity index is 0.000000265. The van der Waals surface area contributed by atoms with Crippen molar-refractivity contribution in [1.82, 2.24) is 16.2 Å². The van der Waals surface area contributed by atoms with Crippen LogP contribution in [0.5, 0.6) is 17.2 Å². The smallest absolute Gasteiger partial charge is 0.414 e. The topological polar surface area (TPSA) is 409 Å². The standard InChI is InChI=1S/C44H51ClN6O13S.C23H19ClN4O2S.C21H21Cl2NO5/c1-8-51(34-20-17-29(23-36(34)60-6)50-49-28-15-13-27(14-16-28)42(57)61-7)43(58)62-25-26-12-21-35(33(22-26)47-37(52)10-9-11-38(53)54)63-39(40(55)44(2,3)4)41(56)48-32-24-30(18-19-31(32)45)65(59)64-46-5;1-25-22(29)15-8-7-11-17(14-15)31-20-21(26-19-13-6-5-12-18(19)24)27-28(23(20)30)16-9-3-2-4-10-16;1-21(2,3)18(25)17(19(26)24-16-10-7-13(22)11-15(16)23)29-14-8-5-12(6-9-14)20(27)28-4/h12-24,38-39,46,53-54H,8-11,25H2,1-7H3,(H,47,52)(H,48,56);2-14,20H,1H3,(H,25,29)(H,26,27);5-11,17H,1-4H3,(H,24,26). The molecule has 1 fully saturated rings. The number of carbonyl (C=O) groups excluding carboxylic acids is 10. The third-order valence-electron chi connectivity index (χ3n) is 17.7. The van der Waals surface area contributed by atoms with Gasteiger partial charge in [0.1, 0.15) is 34.9 Å². The number of hydrogen-bond acceptors (Lipinski definition) is 25. The first-order chi connectivity index (χ1) is 59.5. The largest absolute Gasteiger partial charge is 0.494 e. The number of hydrogen-bond donors (Lipinski definition) is 8. The van der Waals surface area contributed by atoms with E-state index in [1.165, 1.54) is 123 Å². The van der Waals surface area contributed by atoms with Crippen LogP contribution in [0.25, 0.3) is 0 Å². The molecule has 9 aromatic carbocycles. The molecule has 1 heterocycles. The fourth-order valence-electron chi connectivity index (χ4n) is 11.2. The van der Waals surface area contributed by atoms with Gasteiger partial charge in [-0.2, -0.15) is 20.0 Å². The number of hydroxylamine groups is 1. The summed E-state index contributed by atoms with van der Waals surface area (Å²) in [7, 11) is 6.99. The summed E-state index contributed by atoms with van der Waals surface area (Å²) >= 11 is 24.0. The van der Waals surface area contributed by atoms with E-state index in [4.69, 9.17) is 74.4 Å². The van der Waals surface area contributed by atoms with E-state index in [0.29, 0.717) is 72.3 Å². The number of rotatable bonds is 32. The van der Waals surface area contributed by atoms with Gasteiger partial charge in [0.2, 0.25) is 29.2 Å². The van der Waals surface area contributed by atoms with Gasteiger partial charge in [0.05, 0.1) is 97.9 Å². The summed E-state index contributed by atoms with van der Waals surface area (Å²) in [6.45, 7) is 11.4. The molecule has 1 aliphatic heterocycles. The second kappa shape index (κ2) is 46.5. The molecule has 4 unspecified atom stereocenters. The van der Waals surface area contributed by atoms with Crippen LogP contribution in [0.1, 0.15) is 104 Å². The minimum absolute atomic E-state index is 0.00502. The average Bonchev–Trinajstić information content (AvgIpc) is 1.31. The van der Waals surface area contributed by atoms with E-state index in [0.717, 1.165) is 4.90 Å². The molecule has 0 bridgehead atoms. The Morgan fingerprint density at radius 3 is 1.82 bits per heavy atom. The van der Waals surface area contributed by atoms with Gasteiger partial charge in [0.15, 0.2) is 17.9 Å². The van der Waals surface area contributed by atoms with Crippen LogP contribution in [0.3, 0.4) is 0 Å². The molecule has 0 saturated carbocycles. The quantitative estimate of drug-likeness (QED) is 0.00485. The third-order valence-corrected chi connectivity index (χ3v) is 21.0. The van der Waals surface area contributed by atoms with Crippen LogP contribution < -0.4 is 56.3 Å². The number of amides is 6. The zero-order valence-corrected chi connectivity index (χ0v) is 74.4. The van der Waals surface area contributed by atoms with Crippen molar-refractivity contribution >= 4 is 180 Å². The van der Waals surface area contributed by atoms with Crippen molar-refractivity contribution in [1.29, 1.82) is 0 Å². The van der Waals surface area contributed by atoms with Gasteiger partial charge in [-0.3, -0.25) is 43.9 Å². The van der Waals surface area contributed by atoms with Crippen molar-refractivity contribution < 1.29 is 95.1 Å². The number of aliphatic hydroxyl groups excluding tert-OH is 1. The Hall–Kier alpha value is -12.2. The number of aliphatic imine (C=N–C) groups is 1. The summed E-state index contributed by atoms with van der Waals surface area (Å²) in [5.41, 5.74) is 7.92. The van der Waals surface area contributed by atoms with Crippen molar-refractivity contribution in [3.05, 3.63) is 243 Å². The van der Waals surface area contributed by atoms with Gasteiger partial charge >= 0.3 is 18.0 Å². The molecular weight excluding hydrogens is 1740 g/mol. The molecule has 9 aromatic rings. The number of aliphatic hydroxyl groups is 2. The van der Waals surface area contributed by atoms with Crippen LogP contribution in [0.4, 0.5) is 50.3 Å². The molecule has 31 nitrogen and oxygen atoms in total. The van der Waals surface area contributed by atoms with E-state index in [-0.39, 0.29) is 87.8 Å². The highest BCUT2D eigenvalue weighted by Gasteiger charge is 2.41. The molecule has 4 atom stereocenters. The van der Waals surface area contributed by atoms with Crippen LogP contribution in [-0.2, 0) is 64.9 Å². The number of methoxy groups -OCH3 is 3. The molecule has 1 saturated heterocycles. The lowest BCUT2D eigenvalue weighted by atomic mass is 9.87. The maximum atomic E-state index is 13.9. The third kappa shape index (κ3) is 28.4. The molecular formula is C88H91Cl4N11O20S2. The first-order valence-electron chi connectivity index (χ1n) is 38.2. The van der Waals surface area contributed by atoms with E-state index in [1.54, 1.807) is 134 Å². The fourth-order valence-corrected chi connectivity index (χ4v) is 13.7. The normalized spacial score (nSPS) is 13.4. The Morgan fingerprint density at radius 1 is 0.608 bits per heavy atom. The molecule has 0 radical (unpaired) electrons. The van der Waals surface area contributed by atoms with Crippen LogP contribution in [0.15, 0.2) is 225 Å². The maximum Gasteiger partial charge on any atom is 0.414 e. The molecule has 0 spiro atoms. The Kier molecular flexibility index (Phi) is 36.6. The fraction of sp³-hybridized carbons (Fsp3) is 0.261. The summed E-state index contributed by atoms with van der Waals surface area (Å²) < 4.78 is 49.8. The number of halogens is 4. The number of Topliss-reactive ketones (excluding diaryl/α,β-unsaturated/α-hetero) is 2. The minimum atomic E-state index is -1.97. The van der Waals surface area contributed by atoms with Crippen LogP contribution in [0, 0.1) is 10.8 Å². The van der Waals surface area contributed by atoms with Crippen molar-refractivity contribution in [2.75, 3.05) is 67.8 Å². The number of nitrogens with zero attached hydrogens (tertiary/aromatic N) is 5. The van der Waals surface area contributed by atoms with Crippen molar-refractivity contribution in [2.24, 2.45) is 26.1 Å². The molecule has 8 N–H and O–H groups in total. The number of ketones is 2. The first-order valence-corrected chi connectivity index (χ1v) is 41.7. The summed E-state index contributed by atoms with van der Waals surface area (Å²) in [6, 6.07) is 53.8. The summed E-state index contributed by atoms with van der Waals surface area (Å²) in [4.78, 5) is 136. The second-order valence-corrected chi connectivity index (χ2v) is 32.8. The van der Waals surface area contributed by atoms with Crippen LogP contribution in [0.2, 0.25) is 20.1 Å². The van der Waals surface area contributed by atoms with Gasteiger partial charge in [-0.1, -0.05) is 130 Å². The lowest BCUT2D eigenvalue weighted by Gasteiger charge is -2.26. The monoisotopic (exact) mass is 1830 g/mol. The van der Waals surface area contributed by atoms with E-state index < -0.39 is 93.0 Å². The summed E-state index contributed by atoms with van der Waals surface area (Å²) in [5, 5.41) is 39.5. The minimum Gasteiger partial charge on any atom is -0.494 e. The van der Waals surface area contributed by atoms with Crippen LogP contribution in [-0.4, -0.2) is 145 Å². The van der Waals surface area contributed by atoms with Crippen molar-refractivity contribution in [3.63, 3.8) is 0 Å². The van der Waals surface area contributed by atoms with Crippen LogP contribution >= 0.6 is 58.2 Å². The lowest BCUT2D eigenvalue weighted by Crippen LogP contribution is -2.45.